The monoisotopic (exact) mass is 301 g/mol. The maximum absolute atomic E-state index is 11.9. The smallest absolute Gasteiger partial charge is 0.275 e. The number of carbonyl (C=O) groups excluding carboxylic acids is 1. The fourth-order valence-electron chi connectivity index (χ4n) is 2.54. The Kier molecular flexibility index (Phi) is 4.20. The lowest BCUT2D eigenvalue weighted by Gasteiger charge is -2.32. The van der Waals surface area contributed by atoms with E-state index in [4.69, 9.17) is 0 Å². The van der Waals surface area contributed by atoms with Crippen LogP contribution in [0.4, 0.5) is 11.4 Å². The zero-order valence-corrected chi connectivity index (χ0v) is 12.9. The molecule has 2 heterocycles. The molecule has 1 aliphatic heterocycles. The largest absolute Gasteiger partial charge is 0.372 e. The van der Waals surface area contributed by atoms with Crippen LogP contribution < -0.4 is 10.2 Å². The summed E-state index contributed by atoms with van der Waals surface area (Å²) in [6.07, 6.45) is 2.50. The maximum atomic E-state index is 11.9. The summed E-state index contributed by atoms with van der Waals surface area (Å²) in [6.45, 7) is 4.55. The quantitative estimate of drug-likeness (QED) is 0.941. The zero-order chi connectivity index (χ0) is 14.7. The van der Waals surface area contributed by atoms with Crippen molar-refractivity contribution in [3.05, 3.63) is 40.8 Å². The Hall–Kier alpha value is -1.88. The van der Waals surface area contributed by atoms with E-state index in [0.717, 1.165) is 24.7 Å². The first-order valence-corrected chi connectivity index (χ1v) is 8.21. The van der Waals surface area contributed by atoms with Crippen molar-refractivity contribution in [1.82, 2.24) is 4.98 Å². The SMILES string of the molecule is CC1CCN(c2ccc(NC(=O)c3cscn3)cc2)CC1. The van der Waals surface area contributed by atoms with Gasteiger partial charge in [0.15, 0.2) is 0 Å². The molecule has 4 nitrogen and oxygen atoms in total. The summed E-state index contributed by atoms with van der Waals surface area (Å²) in [5.41, 5.74) is 4.17. The Morgan fingerprint density at radius 3 is 2.62 bits per heavy atom. The number of piperidine rings is 1. The Labute approximate surface area is 128 Å². The summed E-state index contributed by atoms with van der Waals surface area (Å²) in [5, 5.41) is 4.62. The molecule has 5 heteroatoms. The molecule has 0 saturated carbocycles. The average Bonchev–Trinajstić information content (AvgIpc) is 3.03. The number of nitrogens with one attached hydrogen (secondary N) is 1. The van der Waals surface area contributed by atoms with Gasteiger partial charge in [-0.15, -0.1) is 11.3 Å². The van der Waals surface area contributed by atoms with E-state index in [1.165, 1.54) is 29.9 Å². The van der Waals surface area contributed by atoms with Crippen molar-refractivity contribution in [3.8, 4) is 0 Å². The van der Waals surface area contributed by atoms with Gasteiger partial charge in [-0.3, -0.25) is 4.79 Å². The third-order valence-electron chi connectivity index (χ3n) is 3.94. The number of benzene rings is 1. The minimum Gasteiger partial charge on any atom is -0.372 e. The Balaban J connectivity index is 1.63. The molecule has 3 rings (SSSR count). The summed E-state index contributed by atoms with van der Waals surface area (Å²) in [5.74, 6) is 0.675. The first-order chi connectivity index (χ1) is 10.2. The van der Waals surface area contributed by atoms with E-state index in [1.807, 2.05) is 12.1 Å². The highest BCUT2D eigenvalue weighted by molar-refractivity contribution is 7.07. The van der Waals surface area contributed by atoms with Gasteiger partial charge in [0, 0.05) is 29.8 Å². The molecule has 1 saturated heterocycles. The van der Waals surface area contributed by atoms with Crippen LogP contribution in [0.15, 0.2) is 35.2 Å². The van der Waals surface area contributed by atoms with Gasteiger partial charge in [-0.1, -0.05) is 6.92 Å². The number of nitrogens with zero attached hydrogens (tertiary/aromatic N) is 2. The highest BCUT2D eigenvalue weighted by Gasteiger charge is 2.16. The zero-order valence-electron chi connectivity index (χ0n) is 12.1. The van der Waals surface area contributed by atoms with E-state index in [-0.39, 0.29) is 5.91 Å². The highest BCUT2D eigenvalue weighted by atomic mass is 32.1. The Morgan fingerprint density at radius 1 is 1.29 bits per heavy atom. The van der Waals surface area contributed by atoms with Gasteiger partial charge < -0.3 is 10.2 Å². The van der Waals surface area contributed by atoms with Crippen LogP contribution in [0.25, 0.3) is 0 Å². The molecule has 1 aromatic carbocycles. The van der Waals surface area contributed by atoms with Gasteiger partial charge in [0.1, 0.15) is 5.69 Å². The van der Waals surface area contributed by atoms with Crippen molar-refractivity contribution in [2.45, 2.75) is 19.8 Å². The van der Waals surface area contributed by atoms with Crippen molar-refractivity contribution < 1.29 is 4.79 Å². The van der Waals surface area contributed by atoms with Gasteiger partial charge in [0.2, 0.25) is 0 Å². The third kappa shape index (κ3) is 3.42. The van der Waals surface area contributed by atoms with Crippen LogP contribution in [-0.4, -0.2) is 24.0 Å². The molecule has 0 radical (unpaired) electrons. The molecule has 1 aromatic heterocycles. The number of aromatic nitrogens is 1. The average molecular weight is 301 g/mol. The molecule has 21 heavy (non-hydrogen) atoms. The molecule has 1 aliphatic rings. The van der Waals surface area contributed by atoms with Crippen LogP contribution in [0.3, 0.4) is 0 Å². The molecule has 1 fully saturated rings. The fourth-order valence-corrected chi connectivity index (χ4v) is 3.07. The predicted octanol–water partition coefficient (Wildman–Crippen LogP) is 3.63. The van der Waals surface area contributed by atoms with Crippen molar-refractivity contribution in [2.75, 3.05) is 23.3 Å². The minimum absolute atomic E-state index is 0.157. The van der Waals surface area contributed by atoms with Crippen molar-refractivity contribution in [1.29, 1.82) is 0 Å². The lowest BCUT2D eigenvalue weighted by Crippen LogP contribution is -2.32. The standard InChI is InChI=1S/C16H19N3OS/c1-12-6-8-19(9-7-12)14-4-2-13(3-5-14)18-16(20)15-10-21-11-17-15/h2-5,10-12H,6-9H2,1H3,(H,18,20). The van der Waals surface area contributed by atoms with Crippen LogP contribution in [0.2, 0.25) is 0 Å². The molecule has 0 bridgehead atoms. The van der Waals surface area contributed by atoms with Gasteiger partial charge >= 0.3 is 0 Å². The lowest BCUT2D eigenvalue weighted by atomic mass is 9.99. The van der Waals surface area contributed by atoms with Crippen LogP contribution in [0.5, 0.6) is 0 Å². The van der Waals surface area contributed by atoms with E-state index < -0.39 is 0 Å². The fraction of sp³-hybridized carbons (Fsp3) is 0.375. The molecule has 110 valence electrons. The second-order valence-electron chi connectivity index (χ2n) is 5.54. The van der Waals surface area contributed by atoms with Crippen LogP contribution in [-0.2, 0) is 0 Å². The molecular formula is C16H19N3OS. The summed E-state index contributed by atoms with van der Waals surface area (Å²) >= 11 is 1.42. The summed E-state index contributed by atoms with van der Waals surface area (Å²) in [6, 6.07) is 8.06. The first-order valence-electron chi connectivity index (χ1n) is 7.27. The molecule has 0 aliphatic carbocycles. The van der Waals surface area contributed by atoms with E-state index >= 15 is 0 Å². The lowest BCUT2D eigenvalue weighted by molar-refractivity contribution is 0.102. The van der Waals surface area contributed by atoms with Crippen LogP contribution >= 0.6 is 11.3 Å². The number of thiazole rings is 1. The Morgan fingerprint density at radius 2 is 2.00 bits per heavy atom. The maximum Gasteiger partial charge on any atom is 0.275 e. The molecule has 1 N–H and O–H groups in total. The molecule has 0 spiro atoms. The van der Waals surface area contributed by atoms with E-state index in [9.17, 15) is 4.79 Å². The Bertz CT molecular complexity index is 586. The molecular weight excluding hydrogens is 282 g/mol. The minimum atomic E-state index is -0.157. The van der Waals surface area contributed by atoms with E-state index in [1.54, 1.807) is 10.9 Å². The number of carbonyl (C=O) groups is 1. The van der Waals surface area contributed by atoms with Gasteiger partial charge in [-0.05, 0) is 43.0 Å². The number of amides is 1. The van der Waals surface area contributed by atoms with E-state index in [0.29, 0.717) is 5.69 Å². The van der Waals surface area contributed by atoms with Gasteiger partial charge in [-0.2, -0.15) is 0 Å². The second-order valence-corrected chi connectivity index (χ2v) is 6.26. The van der Waals surface area contributed by atoms with Crippen LogP contribution in [0, 0.1) is 5.92 Å². The van der Waals surface area contributed by atoms with Gasteiger partial charge in [0.25, 0.3) is 5.91 Å². The third-order valence-corrected chi connectivity index (χ3v) is 4.53. The van der Waals surface area contributed by atoms with Crippen LogP contribution in [0.1, 0.15) is 30.3 Å². The van der Waals surface area contributed by atoms with Gasteiger partial charge in [0.05, 0.1) is 5.51 Å². The summed E-state index contributed by atoms with van der Waals surface area (Å²) < 4.78 is 0. The highest BCUT2D eigenvalue weighted by Crippen LogP contribution is 2.24. The number of hydrogen-bond acceptors (Lipinski definition) is 4. The van der Waals surface area contributed by atoms with Crippen molar-refractivity contribution >= 4 is 28.6 Å². The molecule has 0 atom stereocenters. The predicted molar refractivity (Wildman–Crippen MR) is 87.1 cm³/mol. The molecule has 2 aromatic rings. The second kappa shape index (κ2) is 6.26. The molecule has 1 amide bonds. The summed E-state index contributed by atoms with van der Waals surface area (Å²) in [7, 11) is 0. The van der Waals surface area contributed by atoms with E-state index in [2.05, 4.69) is 34.3 Å². The van der Waals surface area contributed by atoms with Crippen molar-refractivity contribution in [3.63, 3.8) is 0 Å². The topological polar surface area (TPSA) is 45.2 Å². The summed E-state index contributed by atoms with van der Waals surface area (Å²) in [4.78, 5) is 18.3. The van der Waals surface area contributed by atoms with Crippen molar-refractivity contribution in [2.24, 2.45) is 5.92 Å². The number of rotatable bonds is 3. The first kappa shape index (κ1) is 14.1. The van der Waals surface area contributed by atoms with Gasteiger partial charge in [-0.25, -0.2) is 4.98 Å². The normalized spacial score (nSPS) is 16.0. The molecule has 0 unspecified atom stereocenters. The number of anilines is 2. The number of hydrogen-bond donors (Lipinski definition) is 1.